The number of ether oxygens (including phenoxy) is 1. The second-order valence-corrected chi connectivity index (χ2v) is 9.11. The number of halogens is 3. The Balaban J connectivity index is 1.61. The summed E-state index contributed by atoms with van der Waals surface area (Å²) in [5.41, 5.74) is 3.91. The van der Waals surface area contributed by atoms with Gasteiger partial charge in [-0.3, -0.25) is 4.79 Å². The number of carbonyl (C=O) groups excluding carboxylic acids is 1. The van der Waals surface area contributed by atoms with Gasteiger partial charge in [-0.2, -0.15) is 0 Å². The maximum absolute atomic E-state index is 13.9. The summed E-state index contributed by atoms with van der Waals surface area (Å²) in [5.74, 6) is -0.175. The fraction of sp³-hybridized carbons (Fsp3) is 0.393. The normalized spacial score (nSPS) is 15.5. The molecule has 0 atom stereocenters. The Morgan fingerprint density at radius 1 is 1.15 bits per heavy atom. The monoisotopic (exact) mass is 487 g/mol. The number of amides is 1. The number of allylic oxidation sites excluding steroid dienone is 3. The molecule has 3 nitrogen and oxygen atoms in total. The zero-order valence-electron chi connectivity index (χ0n) is 20.0. The summed E-state index contributed by atoms with van der Waals surface area (Å²) >= 11 is 6.27. The molecule has 0 aliphatic carbocycles. The van der Waals surface area contributed by atoms with Gasteiger partial charge in [-0.05, 0) is 90.8 Å². The highest BCUT2D eigenvalue weighted by molar-refractivity contribution is 6.30. The molecule has 0 spiro atoms. The van der Waals surface area contributed by atoms with E-state index < -0.39 is 11.6 Å². The predicted molar refractivity (Wildman–Crippen MR) is 134 cm³/mol. The van der Waals surface area contributed by atoms with Crippen LogP contribution in [0.25, 0.3) is 5.57 Å². The maximum Gasteiger partial charge on any atom is 0.226 e. The van der Waals surface area contributed by atoms with Gasteiger partial charge in [-0.25, -0.2) is 8.78 Å². The minimum absolute atomic E-state index is 0.00710. The van der Waals surface area contributed by atoms with Crippen LogP contribution in [0.15, 0.2) is 54.3 Å². The van der Waals surface area contributed by atoms with Crippen LogP contribution in [0.3, 0.4) is 0 Å². The van der Waals surface area contributed by atoms with Gasteiger partial charge < -0.3 is 9.64 Å². The van der Waals surface area contributed by atoms with Crippen LogP contribution in [0.1, 0.15) is 49.3 Å². The summed E-state index contributed by atoms with van der Waals surface area (Å²) in [6.07, 6.45) is 6.92. The van der Waals surface area contributed by atoms with E-state index in [1.54, 1.807) is 6.08 Å². The molecule has 6 heteroatoms. The topological polar surface area (TPSA) is 29.5 Å². The van der Waals surface area contributed by atoms with Crippen LogP contribution < -0.4 is 0 Å². The van der Waals surface area contributed by atoms with Gasteiger partial charge in [0.05, 0.1) is 12.9 Å². The van der Waals surface area contributed by atoms with Gasteiger partial charge in [0.2, 0.25) is 5.91 Å². The predicted octanol–water partition coefficient (Wildman–Crippen LogP) is 7.12. The second-order valence-electron chi connectivity index (χ2n) is 8.67. The summed E-state index contributed by atoms with van der Waals surface area (Å²) in [4.78, 5) is 14.7. The number of hydrogen-bond acceptors (Lipinski definition) is 2. The molecule has 0 unspecified atom stereocenters. The minimum atomic E-state index is -0.504. The molecule has 182 valence electrons. The summed E-state index contributed by atoms with van der Waals surface area (Å²) in [6, 6.07) is 9.33. The molecule has 1 fully saturated rings. The Hall–Kier alpha value is -2.66. The van der Waals surface area contributed by atoms with Crippen molar-refractivity contribution in [2.45, 2.75) is 46.0 Å². The number of carbonyl (C=O) groups is 1. The Bertz CT molecular complexity index is 1070. The molecule has 0 aromatic heterocycles. The molecule has 0 N–H and O–H groups in total. The van der Waals surface area contributed by atoms with Gasteiger partial charge in [0, 0.05) is 31.0 Å². The first-order valence-corrected chi connectivity index (χ1v) is 12.1. The molecule has 1 heterocycles. The highest BCUT2D eigenvalue weighted by atomic mass is 35.5. The van der Waals surface area contributed by atoms with Crippen LogP contribution in [0.4, 0.5) is 8.78 Å². The van der Waals surface area contributed by atoms with Crippen molar-refractivity contribution in [2.75, 3.05) is 20.2 Å². The van der Waals surface area contributed by atoms with E-state index in [-0.39, 0.29) is 24.3 Å². The maximum atomic E-state index is 13.9. The molecule has 2 aromatic rings. The third kappa shape index (κ3) is 6.69. The number of methoxy groups -OCH3 is 1. The Morgan fingerprint density at radius 2 is 1.88 bits per heavy atom. The second kappa shape index (κ2) is 12.2. The van der Waals surface area contributed by atoms with Crippen LogP contribution in [0, 0.1) is 24.5 Å². The number of rotatable bonds is 8. The van der Waals surface area contributed by atoms with E-state index in [1.165, 1.54) is 23.8 Å². The minimum Gasteiger partial charge on any atom is -0.501 e. The zero-order chi connectivity index (χ0) is 24.7. The van der Waals surface area contributed by atoms with Gasteiger partial charge in [-0.15, -0.1) is 0 Å². The zero-order valence-corrected chi connectivity index (χ0v) is 20.8. The van der Waals surface area contributed by atoms with E-state index in [0.717, 1.165) is 42.5 Å². The molecule has 3 rings (SSSR count). The van der Waals surface area contributed by atoms with E-state index in [1.807, 2.05) is 17.0 Å². The van der Waals surface area contributed by atoms with Crippen molar-refractivity contribution in [3.63, 3.8) is 0 Å². The molecular formula is C28H32ClF2NO2. The lowest BCUT2D eigenvalue weighted by atomic mass is 9.83. The number of piperidine rings is 1. The largest absolute Gasteiger partial charge is 0.501 e. The first-order chi connectivity index (χ1) is 16.3. The quantitative estimate of drug-likeness (QED) is 0.371. The van der Waals surface area contributed by atoms with E-state index in [9.17, 15) is 13.6 Å². The Labute approximate surface area is 206 Å². The van der Waals surface area contributed by atoms with Gasteiger partial charge in [0.15, 0.2) is 0 Å². The molecule has 0 bridgehead atoms. The van der Waals surface area contributed by atoms with Crippen molar-refractivity contribution in [3.05, 3.63) is 87.7 Å². The SMILES string of the molecule is CC/C=C(\c1cc(Cl)ccc1C)C1CCN(C(=O)C/C=C(/Cc2cc(F)ccc2F)OC)CC1. The summed E-state index contributed by atoms with van der Waals surface area (Å²) in [6.45, 7) is 5.59. The molecule has 34 heavy (non-hydrogen) atoms. The number of nitrogens with zero attached hydrogens (tertiary/aromatic N) is 1. The molecule has 1 aliphatic rings. The molecule has 1 saturated heterocycles. The average Bonchev–Trinajstić information content (AvgIpc) is 2.84. The number of hydrogen-bond donors (Lipinski definition) is 0. The van der Waals surface area contributed by atoms with Crippen LogP contribution in [-0.4, -0.2) is 31.0 Å². The Kier molecular flexibility index (Phi) is 9.28. The average molecular weight is 488 g/mol. The first kappa shape index (κ1) is 26.0. The summed E-state index contributed by atoms with van der Waals surface area (Å²) in [5, 5.41) is 0.731. The lowest BCUT2D eigenvalue weighted by Crippen LogP contribution is -2.38. The van der Waals surface area contributed by atoms with Crippen molar-refractivity contribution < 1.29 is 18.3 Å². The van der Waals surface area contributed by atoms with Crippen LogP contribution in [0.5, 0.6) is 0 Å². The standard InChI is InChI=1S/C28H32ClF2NO2/c1-4-5-25(26-18-22(29)7-6-19(26)2)20-12-14-32(15-13-20)28(33)11-9-24(34-3)17-21-16-23(30)8-10-27(21)31/h5-10,16,18,20H,4,11-15,17H2,1-3H3/b24-9-,25-5-. The smallest absolute Gasteiger partial charge is 0.226 e. The van der Waals surface area contributed by atoms with Crippen molar-refractivity contribution >= 4 is 23.1 Å². The van der Waals surface area contributed by atoms with Crippen molar-refractivity contribution in [3.8, 4) is 0 Å². The third-order valence-electron chi connectivity index (χ3n) is 6.36. The molecular weight excluding hydrogens is 456 g/mol. The van der Waals surface area contributed by atoms with Crippen LogP contribution in [-0.2, 0) is 16.0 Å². The van der Waals surface area contributed by atoms with Gasteiger partial charge in [-0.1, -0.05) is 30.7 Å². The third-order valence-corrected chi connectivity index (χ3v) is 6.60. The summed E-state index contributed by atoms with van der Waals surface area (Å²) in [7, 11) is 1.47. The first-order valence-electron chi connectivity index (χ1n) is 11.7. The van der Waals surface area contributed by atoms with Crippen molar-refractivity contribution in [1.82, 2.24) is 4.90 Å². The van der Waals surface area contributed by atoms with E-state index >= 15 is 0 Å². The highest BCUT2D eigenvalue weighted by Gasteiger charge is 2.26. The Morgan fingerprint density at radius 3 is 2.56 bits per heavy atom. The number of benzene rings is 2. The lowest BCUT2D eigenvalue weighted by Gasteiger charge is -2.34. The van der Waals surface area contributed by atoms with E-state index in [0.29, 0.717) is 24.8 Å². The number of likely N-dealkylation sites (tertiary alicyclic amines) is 1. The van der Waals surface area contributed by atoms with Crippen LogP contribution >= 0.6 is 11.6 Å². The van der Waals surface area contributed by atoms with Gasteiger partial charge in [0.1, 0.15) is 11.6 Å². The molecule has 0 radical (unpaired) electrons. The molecule has 0 saturated carbocycles. The van der Waals surface area contributed by atoms with Gasteiger partial charge in [0.25, 0.3) is 0 Å². The fourth-order valence-corrected chi connectivity index (χ4v) is 4.66. The fourth-order valence-electron chi connectivity index (χ4n) is 4.49. The van der Waals surface area contributed by atoms with Gasteiger partial charge >= 0.3 is 0 Å². The van der Waals surface area contributed by atoms with Crippen molar-refractivity contribution in [2.24, 2.45) is 5.92 Å². The highest BCUT2D eigenvalue weighted by Crippen LogP contribution is 2.35. The van der Waals surface area contributed by atoms with E-state index in [4.69, 9.17) is 16.3 Å². The van der Waals surface area contributed by atoms with E-state index in [2.05, 4.69) is 26.0 Å². The van der Waals surface area contributed by atoms with Crippen molar-refractivity contribution in [1.29, 1.82) is 0 Å². The van der Waals surface area contributed by atoms with Crippen LogP contribution in [0.2, 0.25) is 5.02 Å². The lowest BCUT2D eigenvalue weighted by molar-refractivity contribution is -0.131. The summed E-state index contributed by atoms with van der Waals surface area (Å²) < 4.78 is 32.7. The number of aryl methyl sites for hydroxylation is 1. The molecule has 1 aliphatic heterocycles. The molecule has 2 aromatic carbocycles. The molecule has 1 amide bonds.